The molecular formula is C15H15N5O4. The van der Waals surface area contributed by atoms with E-state index in [-0.39, 0.29) is 23.9 Å². The van der Waals surface area contributed by atoms with Crippen LogP contribution in [0.5, 0.6) is 11.6 Å². The number of nitrogens with zero attached hydrogens (tertiary/aromatic N) is 5. The van der Waals surface area contributed by atoms with E-state index >= 15 is 0 Å². The van der Waals surface area contributed by atoms with Crippen molar-refractivity contribution in [2.45, 2.75) is 20.0 Å². The molecule has 0 fully saturated rings. The van der Waals surface area contributed by atoms with Gasteiger partial charge in [0.15, 0.2) is 0 Å². The van der Waals surface area contributed by atoms with Gasteiger partial charge in [-0.05, 0) is 18.1 Å². The van der Waals surface area contributed by atoms with Crippen molar-refractivity contribution in [3.05, 3.63) is 52.0 Å². The maximum Gasteiger partial charge on any atom is 0.311 e. The van der Waals surface area contributed by atoms with Gasteiger partial charge in [-0.1, -0.05) is 13.0 Å². The number of ether oxygens (including phenoxy) is 2. The third-order valence-corrected chi connectivity index (χ3v) is 3.41. The number of methoxy groups -OCH3 is 1. The summed E-state index contributed by atoms with van der Waals surface area (Å²) >= 11 is 0. The molecule has 0 amide bonds. The van der Waals surface area contributed by atoms with Gasteiger partial charge in [-0.25, -0.2) is 4.98 Å². The van der Waals surface area contributed by atoms with E-state index in [1.807, 2.05) is 6.92 Å². The summed E-state index contributed by atoms with van der Waals surface area (Å²) < 4.78 is 12.2. The molecule has 2 heterocycles. The molecule has 3 aromatic rings. The predicted molar refractivity (Wildman–Crippen MR) is 84.0 cm³/mol. The van der Waals surface area contributed by atoms with Crippen LogP contribution in [-0.4, -0.2) is 31.6 Å². The van der Waals surface area contributed by atoms with E-state index in [4.69, 9.17) is 9.47 Å². The van der Waals surface area contributed by atoms with Gasteiger partial charge in [0.25, 0.3) is 5.78 Å². The fraction of sp³-hybridized carbons (Fsp3) is 0.267. The van der Waals surface area contributed by atoms with E-state index in [0.29, 0.717) is 17.9 Å². The Bertz CT molecular complexity index is 893. The molecule has 0 unspecified atom stereocenters. The SMILES string of the molecule is CCc1ccc(Oc2cc(COC)nc3ncnn23)c([N+](=O)[O-])c1. The van der Waals surface area contributed by atoms with E-state index < -0.39 is 4.92 Å². The molecule has 124 valence electrons. The van der Waals surface area contributed by atoms with E-state index in [1.165, 1.54) is 16.9 Å². The van der Waals surface area contributed by atoms with Crippen LogP contribution in [0.1, 0.15) is 18.2 Å². The quantitative estimate of drug-likeness (QED) is 0.505. The highest BCUT2D eigenvalue weighted by atomic mass is 16.6. The zero-order valence-electron chi connectivity index (χ0n) is 13.2. The first-order valence-electron chi connectivity index (χ1n) is 7.26. The number of hydrogen-bond donors (Lipinski definition) is 0. The zero-order chi connectivity index (χ0) is 17.1. The predicted octanol–water partition coefficient (Wildman–Crippen LogP) is 2.53. The Labute approximate surface area is 137 Å². The maximum atomic E-state index is 11.3. The molecule has 2 aromatic heterocycles. The highest BCUT2D eigenvalue weighted by Crippen LogP contribution is 2.32. The number of benzene rings is 1. The molecule has 0 aliphatic rings. The minimum Gasteiger partial charge on any atom is -0.432 e. The number of nitro benzene ring substituents is 1. The monoisotopic (exact) mass is 329 g/mol. The van der Waals surface area contributed by atoms with Gasteiger partial charge in [0, 0.05) is 19.2 Å². The van der Waals surface area contributed by atoms with Crippen LogP contribution in [0.3, 0.4) is 0 Å². The van der Waals surface area contributed by atoms with E-state index in [2.05, 4.69) is 15.1 Å². The van der Waals surface area contributed by atoms with E-state index in [1.54, 1.807) is 25.3 Å². The number of nitro groups is 1. The summed E-state index contributed by atoms with van der Waals surface area (Å²) in [7, 11) is 1.55. The van der Waals surface area contributed by atoms with Gasteiger partial charge in [-0.15, -0.1) is 0 Å². The zero-order valence-corrected chi connectivity index (χ0v) is 13.2. The summed E-state index contributed by atoms with van der Waals surface area (Å²) in [6.45, 7) is 2.19. The first-order chi connectivity index (χ1) is 11.6. The van der Waals surface area contributed by atoms with Gasteiger partial charge >= 0.3 is 5.69 Å². The lowest BCUT2D eigenvalue weighted by Gasteiger charge is -2.09. The molecule has 0 saturated carbocycles. The molecule has 0 N–H and O–H groups in total. The van der Waals surface area contributed by atoms with Gasteiger partial charge in [-0.3, -0.25) is 10.1 Å². The summed E-state index contributed by atoms with van der Waals surface area (Å²) in [5.41, 5.74) is 1.34. The summed E-state index contributed by atoms with van der Waals surface area (Å²) in [6, 6.07) is 6.49. The molecule has 0 aliphatic heterocycles. The number of fused-ring (bicyclic) bond motifs is 1. The Morgan fingerprint density at radius 1 is 1.33 bits per heavy atom. The Kier molecular flexibility index (Phi) is 4.34. The van der Waals surface area contributed by atoms with Gasteiger partial charge in [-0.2, -0.15) is 14.6 Å². The summed E-state index contributed by atoms with van der Waals surface area (Å²) in [5.74, 6) is 0.729. The minimum absolute atomic E-state index is 0.104. The molecule has 0 atom stereocenters. The summed E-state index contributed by atoms with van der Waals surface area (Å²) in [6.07, 6.45) is 2.03. The average Bonchev–Trinajstić information content (AvgIpc) is 3.04. The molecule has 9 heteroatoms. The van der Waals surface area contributed by atoms with Crippen LogP contribution in [0.15, 0.2) is 30.6 Å². The van der Waals surface area contributed by atoms with Gasteiger partial charge in [0.05, 0.1) is 17.2 Å². The number of aryl methyl sites for hydroxylation is 1. The van der Waals surface area contributed by atoms with Crippen LogP contribution < -0.4 is 4.74 Å². The van der Waals surface area contributed by atoms with Crippen LogP contribution >= 0.6 is 0 Å². The normalized spacial score (nSPS) is 10.9. The first kappa shape index (κ1) is 15.8. The van der Waals surface area contributed by atoms with E-state index in [0.717, 1.165) is 5.56 Å². The molecule has 0 bridgehead atoms. The maximum absolute atomic E-state index is 11.3. The smallest absolute Gasteiger partial charge is 0.311 e. The van der Waals surface area contributed by atoms with Gasteiger partial charge < -0.3 is 9.47 Å². The minimum atomic E-state index is -0.468. The van der Waals surface area contributed by atoms with Crippen molar-refractivity contribution >= 4 is 11.5 Å². The number of aromatic nitrogens is 4. The lowest BCUT2D eigenvalue weighted by molar-refractivity contribution is -0.385. The van der Waals surface area contributed by atoms with Crippen LogP contribution in [0.25, 0.3) is 5.78 Å². The fourth-order valence-electron chi connectivity index (χ4n) is 2.25. The average molecular weight is 329 g/mol. The summed E-state index contributed by atoms with van der Waals surface area (Å²) in [4.78, 5) is 19.1. The molecular weight excluding hydrogens is 314 g/mol. The van der Waals surface area contributed by atoms with Gasteiger partial charge in [0.1, 0.15) is 6.33 Å². The Morgan fingerprint density at radius 3 is 2.88 bits per heavy atom. The van der Waals surface area contributed by atoms with Crippen LogP contribution in [0, 0.1) is 10.1 Å². The number of rotatable bonds is 6. The van der Waals surface area contributed by atoms with E-state index in [9.17, 15) is 10.1 Å². The standard InChI is InChI=1S/C15H15N5O4/c1-3-10-4-5-13(12(6-10)20(21)22)24-14-7-11(8-23-2)18-15-16-9-17-19(14)15/h4-7,9H,3,8H2,1-2H3. The molecule has 0 radical (unpaired) electrons. The van der Waals surface area contributed by atoms with Crippen LogP contribution in [-0.2, 0) is 17.8 Å². The topological polar surface area (TPSA) is 105 Å². The van der Waals surface area contributed by atoms with Crippen molar-refractivity contribution in [1.29, 1.82) is 0 Å². The lowest BCUT2D eigenvalue weighted by Crippen LogP contribution is -2.03. The molecule has 24 heavy (non-hydrogen) atoms. The second-order valence-electron chi connectivity index (χ2n) is 5.01. The van der Waals surface area contributed by atoms with Gasteiger partial charge in [0.2, 0.25) is 11.6 Å². The highest BCUT2D eigenvalue weighted by Gasteiger charge is 2.18. The van der Waals surface area contributed by atoms with Crippen molar-refractivity contribution in [3.8, 4) is 11.6 Å². The van der Waals surface area contributed by atoms with Crippen molar-refractivity contribution in [2.75, 3.05) is 7.11 Å². The molecule has 0 saturated heterocycles. The lowest BCUT2D eigenvalue weighted by atomic mass is 10.1. The largest absolute Gasteiger partial charge is 0.432 e. The summed E-state index contributed by atoms with van der Waals surface area (Å²) in [5, 5.41) is 15.4. The Hall–Kier alpha value is -3.07. The highest BCUT2D eigenvalue weighted by molar-refractivity contribution is 5.50. The third kappa shape index (κ3) is 3.01. The van der Waals surface area contributed by atoms with Crippen molar-refractivity contribution < 1.29 is 14.4 Å². The van der Waals surface area contributed by atoms with Crippen molar-refractivity contribution in [1.82, 2.24) is 19.6 Å². The Morgan fingerprint density at radius 2 is 2.17 bits per heavy atom. The van der Waals surface area contributed by atoms with Crippen LogP contribution in [0.2, 0.25) is 0 Å². The number of hydrogen-bond acceptors (Lipinski definition) is 7. The van der Waals surface area contributed by atoms with Crippen LogP contribution in [0.4, 0.5) is 5.69 Å². The Balaban J connectivity index is 2.06. The second kappa shape index (κ2) is 6.59. The molecule has 3 rings (SSSR count). The van der Waals surface area contributed by atoms with Crippen molar-refractivity contribution in [3.63, 3.8) is 0 Å². The molecule has 0 spiro atoms. The van der Waals surface area contributed by atoms with Crippen molar-refractivity contribution in [2.24, 2.45) is 0 Å². The molecule has 9 nitrogen and oxygen atoms in total. The second-order valence-corrected chi connectivity index (χ2v) is 5.01. The third-order valence-electron chi connectivity index (χ3n) is 3.41. The molecule has 1 aromatic carbocycles. The molecule has 0 aliphatic carbocycles. The fourth-order valence-corrected chi connectivity index (χ4v) is 2.25. The first-order valence-corrected chi connectivity index (χ1v) is 7.26.